The highest BCUT2D eigenvalue weighted by atomic mass is 19.1. The highest BCUT2D eigenvalue weighted by Gasteiger charge is 2.19. The average Bonchev–Trinajstić information content (AvgIpc) is 3.31. The molecule has 0 aliphatic heterocycles. The lowest BCUT2D eigenvalue weighted by molar-refractivity contribution is -0.145. The molecule has 4 rings (SSSR count). The number of para-hydroxylation sites is 2. The number of carbonyl (C=O) groups is 1. The number of oxazole rings is 1. The van der Waals surface area contributed by atoms with Crippen LogP contribution in [0.15, 0.2) is 77.2 Å². The van der Waals surface area contributed by atoms with Crippen molar-refractivity contribution in [2.24, 2.45) is 0 Å². The fraction of sp³-hybridized carbons (Fsp3) is 0.259. The molecule has 1 heterocycles. The van der Waals surface area contributed by atoms with Crippen LogP contribution in [-0.2, 0) is 11.3 Å². The van der Waals surface area contributed by atoms with Crippen molar-refractivity contribution in [2.45, 2.75) is 32.4 Å². The molecule has 0 fully saturated rings. The molecule has 35 heavy (non-hydrogen) atoms. The molecular weight excluding hydrogens is 451 g/mol. The first-order valence-corrected chi connectivity index (χ1v) is 11.5. The van der Waals surface area contributed by atoms with Crippen LogP contribution in [0.4, 0.5) is 10.4 Å². The molecule has 3 aromatic carbocycles. The number of carboxylic acid groups (broad SMARTS) is 1. The molecule has 0 amide bonds. The Morgan fingerprint density at radius 3 is 2.60 bits per heavy atom. The second-order valence-corrected chi connectivity index (χ2v) is 8.02. The van der Waals surface area contributed by atoms with Crippen LogP contribution in [0.3, 0.4) is 0 Å². The van der Waals surface area contributed by atoms with Crippen LogP contribution in [0.25, 0.3) is 11.1 Å². The summed E-state index contributed by atoms with van der Waals surface area (Å²) < 4.78 is 31.4. The summed E-state index contributed by atoms with van der Waals surface area (Å²) in [4.78, 5) is 17.7. The van der Waals surface area contributed by atoms with E-state index in [2.05, 4.69) is 4.98 Å². The number of aliphatic carboxylic acids is 1. The molecule has 4 aromatic rings. The normalized spacial score (nSPS) is 11.8. The van der Waals surface area contributed by atoms with Crippen molar-refractivity contribution in [1.29, 1.82) is 0 Å². The Hall–Kier alpha value is -4.07. The maximum absolute atomic E-state index is 14.2. The molecule has 0 spiro atoms. The van der Waals surface area contributed by atoms with Gasteiger partial charge in [-0.05, 0) is 54.8 Å². The van der Waals surface area contributed by atoms with E-state index < -0.39 is 17.9 Å². The Kier molecular flexibility index (Phi) is 7.82. The largest absolute Gasteiger partial charge is 0.494 e. The molecule has 1 unspecified atom stereocenters. The van der Waals surface area contributed by atoms with Crippen LogP contribution in [0, 0.1) is 5.82 Å². The van der Waals surface area contributed by atoms with Gasteiger partial charge >= 0.3 is 5.97 Å². The third kappa shape index (κ3) is 6.29. The van der Waals surface area contributed by atoms with Gasteiger partial charge in [0.25, 0.3) is 6.01 Å². The van der Waals surface area contributed by atoms with E-state index in [1.807, 2.05) is 47.4 Å². The number of hydrogen-bond donors (Lipinski definition) is 1. The fourth-order valence-corrected chi connectivity index (χ4v) is 3.65. The van der Waals surface area contributed by atoms with Crippen molar-refractivity contribution in [1.82, 2.24) is 4.98 Å². The van der Waals surface area contributed by atoms with E-state index in [0.29, 0.717) is 49.8 Å². The zero-order valence-corrected chi connectivity index (χ0v) is 19.4. The zero-order chi connectivity index (χ0) is 24.6. The molecule has 1 aromatic heterocycles. The number of ether oxygens (including phenoxy) is 2. The minimum Gasteiger partial charge on any atom is -0.494 e. The summed E-state index contributed by atoms with van der Waals surface area (Å²) >= 11 is 0. The summed E-state index contributed by atoms with van der Waals surface area (Å²) in [5.41, 5.74) is 1.42. The van der Waals surface area contributed by atoms with Crippen LogP contribution in [0.1, 0.15) is 25.3 Å². The summed E-state index contributed by atoms with van der Waals surface area (Å²) in [5.74, 6) is -0.223. The maximum Gasteiger partial charge on any atom is 0.344 e. The lowest BCUT2D eigenvalue weighted by Crippen LogP contribution is -2.27. The monoisotopic (exact) mass is 478 g/mol. The van der Waals surface area contributed by atoms with Crippen LogP contribution in [-0.4, -0.2) is 35.3 Å². The van der Waals surface area contributed by atoms with E-state index >= 15 is 0 Å². The third-order valence-electron chi connectivity index (χ3n) is 5.41. The fourth-order valence-electron chi connectivity index (χ4n) is 3.65. The Labute approximate surface area is 202 Å². The predicted molar refractivity (Wildman–Crippen MR) is 130 cm³/mol. The molecule has 0 radical (unpaired) electrons. The second-order valence-electron chi connectivity index (χ2n) is 8.02. The van der Waals surface area contributed by atoms with Gasteiger partial charge in [-0.15, -0.1) is 0 Å². The van der Waals surface area contributed by atoms with E-state index in [1.54, 1.807) is 31.2 Å². The predicted octanol–water partition coefficient (Wildman–Crippen LogP) is 5.68. The molecule has 7 nitrogen and oxygen atoms in total. The highest BCUT2D eigenvalue weighted by molar-refractivity contribution is 5.75. The van der Waals surface area contributed by atoms with Gasteiger partial charge in [0.1, 0.15) is 17.0 Å². The molecule has 1 atom stereocenters. The molecule has 0 aliphatic rings. The summed E-state index contributed by atoms with van der Waals surface area (Å²) in [6.07, 6.45) is 0.0987. The van der Waals surface area contributed by atoms with E-state index in [4.69, 9.17) is 13.9 Å². The van der Waals surface area contributed by atoms with Gasteiger partial charge in [0.2, 0.25) is 0 Å². The van der Waals surface area contributed by atoms with E-state index in [1.165, 1.54) is 6.07 Å². The van der Waals surface area contributed by atoms with Crippen molar-refractivity contribution < 1.29 is 28.2 Å². The van der Waals surface area contributed by atoms with E-state index in [0.717, 1.165) is 11.3 Å². The summed E-state index contributed by atoms with van der Waals surface area (Å²) in [7, 11) is 0. The molecule has 0 aliphatic carbocycles. The summed E-state index contributed by atoms with van der Waals surface area (Å²) in [6, 6.07) is 21.7. The van der Waals surface area contributed by atoms with Gasteiger partial charge < -0.3 is 23.9 Å². The molecule has 1 N–H and O–H groups in total. The number of fused-ring (bicyclic) bond motifs is 1. The quantitative estimate of drug-likeness (QED) is 0.262. The van der Waals surface area contributed by atoms with Gasteiger partial charge in [-0.1, -0.05) is 43.3 Å². The Morgan fingerprint density at radius 1 is 1.09 bits per heavy atom. The maximum atomic E-state index is 14.2. The van der Waals surface area contributed by atoms with Crippen LogP contribution in [0.2, 0.25) is 0 Å². The van der Waals surface area contributed by atoms with Gasteiger partial charge in [0, 0.05) is 13.1 Å². The Morgan fingerprint density at radius 2 is 1.86 bits per heavy atom. The highest BCUT2D eigenvalue weighted by Crippen LogP contribution is 2.26. The van der Waals surface area contributed by atoms with Crippen molar-refractivity contribution in [2.75, 3.05) is 18.1 Å². The molecule has 8 heteroatoms. The van der Waals surface area contributed by atoms with Gasteiger partial charge in [0.15, 0.2) is 17.5 Å². The van der Waals surface area contributed by atoms with Crippen LogP contribution in [0.5, 0.6) is 11.5 Å². The van der Waals surface area contributed by atoms with Crippen molar-refractivity contribution in [3.05, 3.63) is 84.2 Å². The lowest BCUT2D eigenvalue weighted by atomic mass is 10.2. The van der Waals surface area contributed by atoms with E-state index in [9.17, 15) is 14.3 Å². The Bertz CT molecular complexity index is 1260. The first-order valence-electron chi connectivity index (χ1n) is 11.5. The van der Waals surface area contributed by atoms with Gasteiger partial charge in [-0.2, -0.15) is 4.98 Å². The standard InChI is InChI=1S/C27H27FN2O5/c1-2-24(26(31)32)34-21-12-6-9-19(17-21)18-30(15-8-16-33-20-10-4-3-5-11-20)27-29-23-14-7-13-22(28)25(23)35-27/h3-7,9-14,17,24H,2,8,15-16,18H2,1H3,(H,31,32). The molecule has 0 saturated heterocycles. The minimum absolute atomic E-state index is 0.109. The van der Waals surface area contributed by atoms with Crippen LogP contribution >= 0.6 is 0 Å². The minimum atomic E-state index is -1.01. The van der Waals surface area contributed by atoms with E-state index in [-0.39, 0.29) is 5.58 Å². The number of carboxylic acids is 1. The number of aromatic nitrogens is 1. The average molecular weight is 479 g/mol. The van der Waals surface area contributed by atoms with Crippen molar-refractivity contribution in [3.63, 3.8) is 0 Å². The topological polar surface area (TPSA) is 85.0 Å². The number of anilines is 1. The molecule has 0 bridgehead atoms. The van der Waals surface area contributed by atoms with Crippen molar-refractivity contribution in [3.8, 4) is 11.5 Å². The van der Waals surface area contributed by atoms with Gasteiger partial charge in [0.05, 0.1) is 6.61 Å². The Balaban J connectivity index is 1.51. The lowest BCUT2D eigenvalue weighted by Gasteiger charge is -2.21. The van der Waals surface area contributed by atoms with Crippen molar-refractivity contribution >= 4 is 23.1 Å². The zero-order valence-electron chi connectivity index (χ0n) is 19.4. The van der Waals surface area contributed by atoms with Gasteiger partial charge in [-0.3, -0.25) is 0 Å². The third-order valence-corrected chi connectivity index (χ3v) is 5.41. The first kappa shape index (κ1) is 24.1. The number of nitrogens with zero attached hydrogens (tertiary/aromatic N) is 2. The SMILES string of the molecule is CCC(Oc1cccc(CN(CCCOc2ccccc2)c2nc3cccc(F)c3o2)c1)C(=O)O. The number of benzene rings is 3. The van der Waals surface area contributed by atoms with Crippen LogP contribution < -0.4 is 14.4 Å². The molecular formula is C27H27FN2O5. The first-order chi connectivity index (χ1) is 17.0. The number of halogens is 1. The second kappa shape index (κ2) is 11.4. The summed E-state index contributed by atoms with van der Waals surface area (Å²) in [6.45, 7) is 3.18. The number of rotatable bonds is 12. The smallest absolute Gasteiger partial charge is 0.344 e. The molecule has 182 valence electrons. The summed E-state index contributed by atoms with van der Waals surface area (Å²) in [5, 5.41) is 9.30. The van der Waals surface area contributed by atoms with Gasteiger partial charge in [-0.25, -0.2) is 9.18 Å². The molecule has 0 saturated carbocycles. The number of hydrogen-bond acceptors (Lipinski definition) is 6.